The van der Waals surface area contributed by atoms with Gasteiger partial charge in [0.1, 0.15) is 0 Å². The fourth-order valence-electron chi connectivity index (χ4n) is 1.97. The molecule has 0 unspecified atom stereocenters. The van der Waals surface area contributed by atoms with E-state index in [1.807, 2.05) is 26.9 Å². The number of nitrogens with zero attached hydrogens (tertiary/aromatic N) is 4. The van der Waals surface area contributed by atoms with Crippen LogP contribution in [0.5, 0.6) is 0 Å². The zero-order valence-electron chi connectivity index (χ0n) is 12.0. The molecule has 0 spiro atoms. The topological polar surface area (TPSA) is 47.2 Å². The second kappa shape index (κ2) is 5.03. The van der Waals surface area contributed by atoms with Gasteiger partial charge < -0.3 is 5.32 Å². The number of hydrogen-bond donors (Lipinski definition) is 1. The molecule has 0 aromatic carbocycles. The van der Waals surface area contributed by atoms with Crippen molar-refractivity contribution in [2.24, 2.45) is 0 Å². The minimum Gasteiger partial charge on any atom is -0.308 e. The number of nitrogens with one attached hydrogen (secondary N) is 1. The van der Waals surface area contributed by atoms with Crippen LogP contribution in [0.2, 0.25) is 0 Å². The van der Waals surface area contributed by atoms with Crippen LogP contribution >= 0.6 is 11.3 Å². The Hall–Kier alpha value is -1.66. The van der Waals surface area contributed by atoms with E-state index in [1.165, 1.54) is 5.56 Å². The molecule has 3 heterocycles. The molecule has 0 fully saturated rings. The molecule has 0 saturated carbocycles. The summed E-state index contributed by atoms with van der Waals surface area (Å²) in [5.41, 5.74) is 2.35. The SMILES string of the molecule is CC(C)(C)NCc1cnn(Cc2cn3ccsc3n2)c1. The van der Waals surface area contributed by atoms with Crippen LogP contribution in [0.25, 0.3) is 4.96 Å². The molecule has 0 aliphatic heterocycles. The highest BCUT2D eigenvalue weighted by Gasteiger charge is 2.10. The standard InChI is InChI=1S/C14H19N5S/c1-14(2,3)15-6-11-7-16-19(8-11)10-12-9-18-4-5-20-13(18)17-12/h4-5,7-9,15H,6,10H2,1-3H3. The number of thiazole rings is 1. The van der Waals surface area contributed by atoms with Crippen molar-refractivity contribution in [1.82, 2.24) is 24.5 Å². The van der Waals surface area contributed by atoms with Gasteiger partial charge in [-0.15, -0.1) is 11.3 Å². The maximum absolute atomic E-state index is 4.57. The first-order valence-corrected chi connectivity index (χ1v) is 7.55. The van der Waals surface area contributed by atoms with Crippen LogP contribution in [0.15, 0.2) is 30.2 Å². The maximum Gasteiger partial charge on any atom is 0.193 e. The Morgan fingerprint density at radius 2 is 2.15 bits per heavy atom. The minimum atomic E-state index is 0.121. The summed E-state index contributed by atoms with van der Waals surface area (Å²) >= 11 is 1.65. The maximum atomic E-state index is 4.57. The molecular weight excluding hydrogens is 270 g/mol. The third-order valence-electron chi connectivity index (χ3n) is 2.98. The molecule has 0 aliphatic rings. The Morgan fingerprint density at radius 3 is 2.90 bits per heavy atom. The van der Waals surface area contributed by atoms with E-state index < -0.39 is 0 Å². The predicted octanol–water partition coefficient (Wildman–Crippen LogP) is 2.53. The summed E-state index contributed by atoms with van der Waals surface area (Å²) in [6.45, 7) is 8.03. The van der Waals surface area contributed by atoms with E-state index in [0.29, 0.717) is 6.54 Å². The molecule has 3 rings (SSSR count). The van der Waals surface area contributed by atoms with Crippen molar-refractivity contribution in [1.29, 1.82) is 0 Å². The number of aromatic nitrogens is 4. The lowest BCUT2D eigenvalue weighted by Crippen LogP contribution is -2.34. The lowest BCUT2D eigenvalue weighted by atomic mass is 10.1. The summed E-state index contributed by atoms with van der Waals surface area (Å²) in [4.78, 5) is 5.60. The van der Waals surface area contributed by atoms with E-state index in [0.717, 1.165) is 17.2 Å². The lowest BCUT2D eigenvalue weighted by Gasteiger charge is -2.19. The van der Waals surface area contributed by atoms with Crippen LogP contribution in [0.4, 0.5) is 0 Å². The number of imidazole rings is 1. The quantitative estimate of drug-likeness (QED) is 0.803. The third-order valence-corrected chi connectivity index (χ3v) is 3.75. The molecule has 3 aromatic rings. The van der Waals surface area contributed by atoms with Crippen LogP contribution < -0.4 is 5.32 Å². The van der Waals surface area contributed by atoms with E-state index >= 15 is 0 Å². The molecule has 20 heavy (non-hydrogen) atoms. The molecule has 106 valence electrons. The second-order valence-corrected chi connectivity index (χ2v) is 6.85. The van der Waals surface area contributed by atoms with Crippen molar-refractivity contribution in [2.45, 2.75) is 39.4 Å². The average Bonchev–Trinajstić information content (AvgIpc) is 3.01. The van der Waals surface area contributed by atoms with E-state index in [9.17, 15) is 0 Å². The monoisotopic (exact) mass is 289 g/mol. The van der Waals surface area contributed by atoms with Crippen LogP contribution in [-0.2, 0) is 13.1 Å². The fourth-order valence-corrected chi connectivity index (χ4v) is 2.69. The molecule has 0 bridgehead atoms. The van der Waals surface area contributed by atoms with Gasteiger partial charge in [0.15, 0.2) is 4.96 Å². The molecule has 6 heteroatoms. The summed E-state index contributed by atoms with van der Waals surface area (Å²) in [7, 11) is 0. The largest absolute Gasteiger partial charge is 0.308 e. The van der Waals surface area contributed by atoms with E-state index in [4.69, 9.17) is 0 Å². The van der Waals surface area contributed by atoms with Gasteiger partial charge in [-0.25, -0.2) is 4.98 Å². The summed E-state index contributed by atoms with van der Waals surface area (Å²) in [5.74, 6) is 0. The Morgan fingerprint density at radius 1 is 1.30 bits per heavy atom. The first-order valence-electron chi connectivity index (χ1n) is 6.67. The minimum absolute atomic E-state index is 0.121. The highest BCUT2D eigenvalue weighted by Crippen LogP contribution is 2.12. The van der Waals surface area contributed by atoms with Gasteiger partial charge in [-0.05, 0) is 20.8 Å². The molecule has 0 radical (unpaired) electrons. The molecule has 0 aliphatic carbocycles. The van der Waals surface area contributed by atoms with Crippen molar-refractivity contribution in [3.63, 3.8) is 0 Å². The molecule has 3 aromatic heterocycles. The lowest BCUT2D eigenvalue weighted by molar-refractivity contribution is 0.424. The van der Waals surface area contributed by atoms with Crippen LogP contribution in [0.3, 0.4) is 0 Å². The summed E-state index contributed by atoms with van der Waals surface area (Å²) in [6.07, 6.45) is 8.07. The number of fused-ring (bicyclic) bond motifs is 1. The van der Waals surface area contributed by atoms with Gasteiger partial charge in [0.25, 0.3) is 0 Å². The zero-order chi connectivity index (χ0) is 14.2. The van der Waals surface area contributed by atoms with Crippen LogP contribution in [-0.4, -0.2) is 24.7 Å². The first-order chi connectivity index (χ1) is 9.49. The zero-order valence-corrected chi connectivity index (χ0v) is 12.8. The smallest absolute Gasteiger partial charge is 0.193 e. The first kappa shape index (κ1) is 13.3. The highest BCUT2D eigenvalue weighted by atomic mass is 32.1. The van der Waals surface area contributed by atoms with Crippen molar-refractivity contribution in [3.05, 3.63) is 41.4 Å². The highest BCUT2D eigenvalue weighted by molar-refractivity contribution is 7.15. The van der Waals surface area contributed by atoms with E-state index in [2.05, 4.69) is 48.6 Å². The van der Waals surface area contributed by atoms with Gasteiger partial charge in [-0.3, -0.25) is 9.08 Å². The third kappa shape index (κ3) is 3.08. The molecule has 5 nitrogen and oxygen atoms in total. The normalized spacial score (nSPS) is 12.3. The van der Waals surface area contributed by atoms with Crippen molar-refractivity contribution < 1.29 is 0 Å². The predicted molar refractivity (Wildman–Crippen MR) is 81.0 cm³/mol. The van der Waals surface area contributed by atoms with Gasteiger partial charge in [0.05, 0.1) is 18.4 Å². The van der Waals surface area contributed by atoms with Crippen molar-refractivity contribution in [2.75, 3.05) is 0 Å². The summed E-state index contributed by atoms with van der Waals surface area (Å²) in [5, 5.41) is 9.90. The fraction of sp³-hybridized carbons (Fsp3) is 0.429. The number of hydrogen-bond acceptors (Lipinski definition) is 4. The van der Waals surface area contributed by atoms with E-state index in [-0.39, 0.29) is 5.54 Å². The van der Waals surface area contributed by atoms with E-state index in [1.54, 1.807) is 11.3 Å². The molecule has 0 atom stereocenters. The Kier molecular flexibility index (Phi) is 3.35. The summed E-state index contributed by atoms with van der Waals surface area (Å²) in [6, 6.07) is 0. The van der Waals surface area contributed by atoms with Gasteiger partial charge in [-0.2, -0.15) is 5.10 Å². The molecule has 0 saturated heterocycles. The molecule has 0 amide bonds. The van der Waals surface area contributed by atoms with Gasteiger partial charge in [0.2, 0.25) is 0 Å². The van der Waals surface area contributed by atoms with Crippen LogP contribution in [0, 0.1) is 0 Å². The molecular formula is C14H19N5S. The molecule has 1 N–H and O–H groups in total. The Bertz CT molecular complexity index is 672. The van der Waals surface area contributed by atoms with Crippen molar-refractivity contribution >= 4 is 16.3 Å². The average molecular weight is 289 g/mol. The summed E-state index contributed by atoms with van der Waals surface area (Å²) < 4.78 is 3.98. The van der Waals surface area contributed by atoms with Crippen molar-refractivity contribution in [3.8, 4) is 0 Å². The Labute approximate surface area is 122 Å². The second-order valence-electron chi connectivity index (χ2n) is 5.97. The van der Waals surface area contributed by atoms with Gasteiger partial charge in [-0.1, -0.05) is 0 Å². The van der Waals surface area contributed by atoms with Crippen LogP contribution in [0.1, 0.15) is 32.0 Å². The van der Waals surface area contributed by atoms with Gasteiger partial charge in [0, 0.05) is 41.6 Å². The van der Waals surface area contributed by atoms with Gasteiger partial charge >= 0.3 is 0 Å². The Balaban J connectivity index is 1.66. The number of rotatable bonds is 4.